The summed E-state index contributed by atoms with van der Waals surface area (Å²) in [7, 11) is 1.58. The molecule has 1 aromatic heterocycles. The quantitative estimate of drug-likeness (QED) is 0.193. The maximum absolute atomic E-state index is 13.6. The maximum Gasteiger partial charge on any atom is 0.301 e. The Morgan fingerprint density at radius 2 is 1.77 bits per heavy atom. The van der Waals surface area contributed by atoms with Gasteiger partial charge in [0.15, 0.2) is 16.6 Å². The number of amides is 1. The molecule has 0 saturated carbocycles. The molecular formula is C30H26N2O6S. The molecule has 2 aliphatic heterocycles. The molecule has 3 aromatic carbocycles. The number of aliphatic hydroxyl groups excluding tert-OH is 1. The fourth-order valence-electron chi connectivity index (χ4n) is 4.88. The van der Waals surface area contributed by atoms with Gasteiger partial charge in [0.1, 0.15) is 24.7 Å². The van der Waals surface area contributed by atoms with Gasteiger partial charge in [-0.1, -0.05) is 49.4 Å². The van der Waals surface area contributed by atoms with Gasteiger partial charge in [0.2, 0.25) is 0 Å². The molecular weight excluding hydrogens is 516 g/mol. The number of benzene rings is 3. The predicted octanol–water partition coefficient (Wildman–Crippen LogP) is 5.83. The van der Waals surface area contributed by atoms with Gasteiger partial charge in [0.25, 0.3) is 5.78 Å². The molecule has 1 atom stereocenters. The highest BCUT2D eigenvalue weighted by Crippen LogP contribution is 2.45. The maximum atomic E-state index is 13.6. The molecule has 198 valence electrons. The Balaban J connectivity index is 1.52. The second-order valence-electron chi connectivity index (χ2n) is 9.68. The number of ketones is 1. The Morgan fingerprint density at radius 3 is 2.49 bits per heavy atom. The Labute approximate surface area is 229 Å². The lowest BCUT2D eigenvalue weighted by molar-refractivity contribution is -0.132. The van der Waals surface area contributed by atoms with E-state index in [2.05, 4.69) is 18.8 Å². The number of thiazole rings is 1. The minimum Gasteiger partial charge on any atom is -0.507 e. The predicted molar refractivity (Wildman–Crippen MR) is 149 cm³/mol. The number of rotatable bonds is 5. The van der Waals surface area contributed by atoms with Gasteiger partial charge in [-0.25, -0.2) is 4.98 Å². The van der Waals surface area contributed by atoms with Gasteiger partial charge in [0.05, 0.1) is 28.9 Å². The number of Topliss-reactive ketones (excluding diaryl/α,β-unsaturated/α-hetero) is 1. The number of aliphatic hydroxyl groups is 1. The SMILES string of the molecule is COc1ccc2nc(N3C(=O)C(=O)/C(=C(/O)c4ccc5c(c4)OCCO5)[C@@H]3c3ccc(C(C)C)cc3)sc2c1. The first-order valence-corrected chi connectivity index (χ1v) is 13.4. The molecule has 2 aliphatic rings. The monoisotopic (exact) mass is 542 g/mol. The van der Waals surface area contributed by atoms with Crippen LogP contribution in [0.3, 0.4) is 0 Å². The van der Waals surface area contributed by atoms with Crippen molar-refractivity contribution in [1.82, 2.24) is 4.98 Å². The molecule has 0 bridgehead atoms. The van der Waals surface area contributed by atoms with Crippen LogP contribution >= 0.6 is 11.3 Å². The summed E-state index contributed by atoms with van der Waals surface area (Å²) in [6.45, 7) is 5.01. The number of hydrogen-bond acceptors (Lipinski definition) is 8. The molecule has 1 amide bonds. The summed E-state index contributed by atoms with van der Waals surface area (Å²) in [6.07, 6.45) is 0. The van der Waals surface area contributed by atoms with Gasteiger partial charge in [-0.3, -0.25) is 14.5 Å². The number of hydrogen-bond donors (Lipinski definition) is 1. The van der Waals surface area contributed by atoms with E-state index in [1.54, 1.807) is 31.4 Å². The van der Waals surface area contributed by atoms with Crippen molar-refractivity contribution in [3.05, 3.63) is 82.9 Å². The van der Waals surface area contributed by atoms with Gasteiger partial charge < -0.3 is 19.3 Å². The van der Waals surface area contributed by atoms with Crippen LogP contribution in [-0.4, -0.2) is 42.1 Å². The molecule has 4 aromatic rings. The molecule has 1 N–H and O–H groups in total. The van der Waals surface area contributed by atoms with E-state index in [1.807, 2.05) is 36.4 Å². The number of fused-ring (bicyclic) bond motifs is 2. The number of anilines is 1. The summed E-state index contributed by atoms with van der Waals surface area (Å²) in [4.78, 5) is 33.2. The minimum atomic E-state index is -0.873. The highest BCUT2D eigenvalue weighted by molar-refractivity contribution is 7.22. The Hall–Kier alpha value is -4.37. The number of carbonyl (C=O) groups excluding carboxylic acids is 2. The van der Waals surface area contributed by atoms with Crippen LogP contribution in [0.5, 0.6) is 17.2 Å². The van der Waals surface area contributed by atoms with Crippen molar-refractivity contribution in [3.8, 4) is 17.2 Å². The van der Waals surface area contributed by atoms with E-state index in [0.717, 1.165) is 10.3 Å². The van der Waals surface area contributed by atoms with E-state index in [-0.39, 0.29) is 11.3 Å². The molecule has 0 spiro atoms. The number of ether oxygens (including phenoxy) is 3. The van der Waals surface area contributed by atoms with Gasteiger partial charge in [-0.05, 0) is 53.4 Å². The van der Waals surface area contributed by atoms with E-state index in [0.29, 0.717) is 58.2 Å². The van der Waals surface area contributed by atoms with Crippen LogP contribution in [0.1, 0.15) is 42.5 Å². The summed E-state index contributed by atoms with van der Waals surface area (Å²) >= 11 is 1.29. The number of carbonyl (C=O) groups is 2. The smallest absolute Gasteiger partial charge is 0.301 e. The number of nitrogens with zero attached hydrogens (tertiary/aromatic N) is 2. The molecule has 39 heavy (non-hydrogen) atoms. The van der Waals surface area contributed by atoms with Gasteiger partial charge in [-0.15, -0.1) is 0 Å². The lowest BCUT2D eigenvalue weighted by Crippen LogP contribution is -2.29. The summed E-state index contributed by atoms with van der Waals surface area (Å²) < 4.78 is 17.4. The van der Waals surface area contributed by atoms with Crippen molar-refractivity contribution in [2.24, 2.45) is 0 Å². The van der Waals surface area contributed by atoms with Crippen LogP contribution in [0, 0.1) is 0 Å². The molecule has 9 heteroatoms. The van der Waals surface area contributed by atoms with Crippen LogP contribution in [0.15, 0.2) is 66.2 Å². The standard InChI is InChI=1S/C30H26N2O6S/c1-16(2)17-4-6-18(7-5-17)26-25(27(33)19-8-11-22-23(14-19)38-13-12-37-22)28(34)29(35)32(26)30-31-21-10-9-20(36-3)15-24(21)39-30/h4-11,14-16,26,33H,12-13H2,1-3H3/b27-25+/t26-/m0/s1. The average molecular weight is 543 g/mol. The van der Waals surface area contributed by atoms with Crippen molar-refractivity contribution in [2.45, 2.75) is 25.8 Å². The summed E-state index contributed by atoms with van der Waals surface area (Å²) in [6, 6.07) is 17.3. The number of methoxy groups -OCH3 is 1. The second-order valence-corrected chi connectivity index (χ2v) is 10.7. The van der Waals surface area contributed by atoms with E-state index in [1.165, 1.54) is 16.2 Å². The summed E-state index contributed by atoms with van der Waals surface area (Å²) in [5.41, 5.74) is 2.84. The third-order valence-electron chi connectivity index (χ3n) is 6.97. The molecule has 1 saturated heterocycles. The molecule has 8 nitrogen and oxygen atoms in total. The van der Waals surface area contributed by atoms with Crippen molar-refractivity contribution < 1.29 is 28.9 Å². The number of aromatic nitrogens is 1. The first kappa shape index (κ1) is 24.9. The third kappa shape index (κ3) is 4.28. The normalized spacial score (nSPS) is 18.3. The zero-order chi connectivity index (χ0) is 27.3. The molecule has 6 rings (SSSR count). The molecule has 0 radical (unpaired) electrons. The average Bonchev–Trinajstić information content (AvgIpc) is 3.49. The highest BCUT2D eigenvalue weighted by atomic mass is 32.1. The lowest BCUT2D eigenvalue weighted by atomic mass is 9.93. The Kier molecular flexibility index (Phi) is 6.23. The van der Waals surface area contributed by atoms with E-state index < -0.39 is 17.7 Å². The first-order valence-electron chi connectivity index (χ1n) is 12.6. The summed E-state index contributed by atoms with van der Waals surface area (Å²) in [5, 5.41) is 11.9. The largest absolute Gasteiger partial charge is 0.507 e. The van der Waals surface area contributed by atoms with Crippen LogP contribution in [0.4, 0.5) is 5.13 Å². The van der Waals surface area contributed by atoms with Crippen LogP contribution in [0.25, 0.3) is 16.0 Å². The van der Waals surface area contributed by atoms with Crippen LogP contribution in [0.2, 0.25) is 0 Å². The van der Waals surface area contributed by atoms with Gasteiger partial charge in [0, 0.05) is 5.56 Å². The third-order valence-corrected chi connectivity index (χ3v) is 7.99. The summed E-state index contributed by atoms with van der Waals surface area (Å²) in [5.74, 6) is 0.187. The Morgan fingerprint density at radius 1 is 1.03 bits per heavy atom. The fourth-order valence-corrected chi connectivity index (χ4v) is 5.90. The van der Waals surface area contributed by atoms with Crippen molar-refractivity contribution >= 4 is 44.1 Å². The zero-order valence-corrected chi connectivity index (χ0v) is 22.5. The van der Waals surface area contributed by atoms with Crippen LogP contribution in [-0.2, 0) is 9.59 Å². The van der Waals surface area contributed by atoms with E-state index in [9.17, 15) is 14.7 Å². The zero-order valence-electron chi connectivity index (χ0n) is 21.6. The molecule has 3 heterocycles. The van der Waals surface area contributed by atoms with Gasteiger partial charge >= 0.3 is 5.91 Å². The van der Waals surface area contributed by atoms with Crippen LogP contribution < -0.4 is 19.1 Å². The van der Waals surface area contributed by atoms with E-state index in [4.69, 9.17) is 14.2 Å². The Bertz CT molecular complexity index is 1640. The van der Waals surface area contributed by atoms with Crippen molar-refractivity contribution in [3.63, 3.8) is 0 Å². The van der Waals surface area contributed by atoms with Crippen molar-refractivity contribution in [1.29, 1.82) is 0 Å². The lowest BCUT2D eigenvalue weighted by Gasteiger charge is -2.23. The fraction of sp³-hybridized carbons (Fsp3) is 0.233. The molecule has 1 fully saturated rings. The highest BCUT2D eigenvalue weighted by Gasteiger charge is 2.48. The minimum absolute atomic E-state index is 0.00851. The van der Waals surface area contributed by atoms with Gasteiger partial charge in [-0.2, -0.15) is 0 Å². The molecule has 0 unspecified atom stereocenters. The first-order chi connectivity index (χ1) is 18.9. The topological polar surface area (TPSA) is 98.2 Å². The molecule has 0 aliphatic carbocycles. The van der Waals surface area contributed by atoms with E-state index >= 15 is 0 Å². The van der Waals surface area contributed by atoms with Crippen molar-refractivity contribution in [2.75, 3.05) is 25.2 Å². The second kappa shape index (κ2) is 9.74.